The number of rotatable bonds is 4. The molecule has 0 spiro atoms. The molecule has 7 nitrogen and oxygen atoms in total. The average Bonchev–Trinajstić information content (AvgIpc) is 3.08. The van der Waals surface area contributed by atoms with E-state index in [1.165, 1.54) is 43.5 Å². The van der Waals surface area contributed by atoms with Crippen LogP contribution in [0.5, 0.6) is 5.75 Å². The van der Waals surface area contributed by atoms with E-state index in [-0.39, 0.29) is 17.1 Å². The van der Waals surface area contributed by atoms with Crippen molar-refractivity contribution in [3.05, 3.63) is 69.9 Å². The third-order valence-corrected chi connectivity index (χ3v) is 3.93. The van der Waals surface area contributed by atoms with E-state index in [2.05, 4.69) is 5.10 Å². The highest BCUT2D eigenvalue weighted by Gasteiger charge is 2.40. The van der Waals surface area contributed by atoms with Crippen LogP contribution in [0.25, 0.3) is 16.9 Å². The summed E-state index contributed by atoms with van der Waals surface area (Å²) in [6, 6.07) is 12.5. The van der Waals surface area contributed by atoms with Gasteiger partial charge in [-0.15, -0.1) is 0 Å². The molecule has 0 aliphatic carbocycles. The molecule has 142 valence electrons. The minimum atomic E-state index is -4.85. The average molecular weight is 388 g/mol. The molecule has 0 amide bonds. The summed E-state index contributed by atoms with van der Waals surface area (Å²) in [5.41, 5.74) is -1.83. The van der Waals surface area contributed by atoms with Gasteiger partial charge >= 0.3 is 6.18 Å². The number of nitrogens with zero attached hydrogens (tertiary/aromatic N) is 4. The number of benzene rings is 2. The number of ether oxygens (including phenoxy) is 1. The normalized spacial score (nSPS) is 11.1. The third kappa shape index (κ3) is 3.37. The Morgan fingerprint density at radius 1 is 1.14 bits per heavy atom. The fraction of sp³-hybridized carbons (Fsp3) is 0.111. The van der Waals surface area contributed by atoms with E-state index in [0.29, 0.717) is 11.3 Å². The Bertz CT molecular complexity index is 1070. The number of alkyl halides is 3. The van der Waals surface area contributed by atoms with Crippen LogP contribution in [0, 0.1) is 21.4 Å². The van der Waals surface area contributed by atoms with Crippen LogP contribution < -0.4 is 4.74 Å². The minimum Gasteiger partial charge on any atom is -0.497 e. The second kappa shape index (κ2) is 7.03. The predicted octanol–water partition coefficient (Wildman–Crippen LogP) is 4.35. The van der Waals surface area contributed by atoms with Crippen molar-refractivity contribution in [3.63, 3.8) is 0 Å². The first-order valence-electron chi connectivity index (χ1n) is 7.76. The van der Waals surface area contributed by atoms with E-state index >= 15 is 0 Å². The van der Waals surface area contributed by atoms with E-state index in [0.717, 1.165) is 16.8 Å². The molecule has 0 N–H and O–H groups in total. The molecule has 0 aliphatic heterocycles. The van der Waals surface area contributed by atoms with E-state index in [4.69, 9.17) is 4.74 Å². The molecule has 0 radical (unpaired) electrons. The van der Waals surface area contributed by atoms with Crippen molar-refractivity contribution >= 4 is 5.69 Å². The van der Waals surface area contributed by atoms with Gasteiger partial charge in [0.05, 0.1) is 23.4 Å². The van der Waals surface area contributed by atoms with E-state index in [1.807, 2.05) is 0 Å². The molecule has 3 aromatic rings. The van der Waals surface area contributed by atoms with E-state index in [9.17, 15) is 28.5 Å². The van der Waals surface area contributed by atoms with E-state index in [1.54, 1.807) is 6.07 Å². The Morgan fingerprint density at radius 3 is 2.21 bits per heavy atom. The predicted molar refractivity (Wildman–Crippen MR) is 91.9 cm³/mol. The van der Waals surface area contributed by atoms with Crippen LogP contribution in [0.3, 0.4) is 0 Å². The maximum atomic E-state index is 13.4. The quantitative estimate of drug-likeness (QED) is 0.489. The van der Waals surface area contributed by atoms with Crippen molar-refractivity contribution in [2.75, 3.05) is 7.11 Å². The molecular formula is C18H11F3N4O3. The van der Waals surface area contributed by atoms with Gasteiger partial charge in [-0.1, -0.05) is 0 Å². The molecular weight excluding hydrogens is 377 g/mol. The Hall–Kier alpha value is -3.87. The van der Waals surface area contributed by atoms with Gasteiger partial charge in [0.15, 0.2) is 5.69 Å². The summed E-state index contributed by atoms with van der Waals surface area (Å²) >= 11 is 0. The van der Waals surface area contributed by atoms with Crippen molar-refractivity contribution in [1.29, 1.82) is 5.26 Å². The lowest BCUT2D eigenvalue weighted by atomic mass is 10.1. The van der Waals surface area contributed by atoms with Crippen LogP contribution in [0.2, 0.25) is 0 Å². The lowest BCUT2D eigenvalue weighted by Gasteiger charge is -2.09. The molecule has 3 rings (SSSR count). The summed E-state index contributed by atoms with van der Waals surface area (Å²) in [7, 11) is 1.44. The number of nitriles is 1. The van der Waals surface area contributed by atoms with Gasteiger partial charge in [0.25, 0.3) is 5.69 Å². The number of halogens is 3. The molecule has 10 heteroatoms. The number of hydrogen-bond donors (Lipinski definition) is 0. The van der Waals surface area contributed by atoms with Gasteiger partial charge in [-0.05, 0) is 36.4 Å². The second-order valence-electron chi connectivity index (χ2n) is 5.60. The lowest BCUT2D eigenvalue weighted by molar-refractivity contribution is -0.384. The van der Waals surface area contributed by atoms with Gasteiger partial charge in [0, 0.05) is 17.7 Å². The highest BCUT2D eigenvalue weighted by molar-refractivity contribution is 5.71. The molecule has 2 aromatic carbocycles. The Labute approximate surface area is 156 Å². The Morgan fingerprint density at radius 2 is 1.75 bits per heavy atom. The van der Waals surface area contributed by atoms with Crippen LogP contribution in [-0.2, 0) is 6.18 Å². The Balaban J connectivity index is 2.27. The molecule has 1 heterocycles. The van der Waals surface area contributed by atoms with Gasteiger partial charge in [0.2, 0.25) is 0 Å². The topological polar surface area (TPSA) is 94.0 Å². The zero-order valence-corrected chi connectivity index (χ0v) is 14.3. The van der Waals surface area contributed by atoms with Crippen molar-refractivity contribution in [1.82, 2.24) is 9.78 Å². The first kappa shape index (κ1) is 18.9. The lowest BCUT2D eigenvalue weighted by Crippen LogP contribution is -2.08. The maximum Gasteiger partial charge on any atom is 0.436 e. The molecule has 0 fully saturated rings. The van der Waals surface area contributed by atoms with Crippen molar-refractivity contribution in [3.8, 4) is 28.8 Å². The van der Waals surface area contributed by atoms with Crippen LogP contribution in [0.4, 0.5) is 18.9 Å². The summed E-state index contributed by atoms with van der Waals surface area (Å²) in [5.74, 6) is 0.486. The fourth-order valence-corrected chi connectivity index (χ4v) is 2.64. The van der Waals surface area contributed by atoms with Gasteiger partial charge < -0.3 is 4.74 Å². The van der Waals surface area contributed by atoms with Crippen molar-refractivity contribution < 1.29 is 22.8 Å². The first-order chi connectivity index (χ1) is 13.3. The summed E-state index contributed by atoms with van der Waals surface area (Å²) in [6.07, 6.45) is -4.85. The summed E-state index contributed by atoms with van der Waals surface area (Å²) < 4.78 is 46.2. The van der Waals surface area contributed by atoms with Crippen LogP contribution in [0.15, 0.2) is 48.5 Å². The molecule has 0 saturated carbocycles. The smallest absolute Gasteiger partial charge is 0.436 e. The van der Waals surface area contributed by atoms with Crippen LogP contribution >= 0.6 is 0 Å². The maximum absolute atomic E-state index is 13.4. The third-order valence-electron chi connectivity index (χ3n) is 3.93. The SMILES string of the molecule is COc1ccc(-c2c(C#N)c(C(F)(F)F)nn2-c2ccc([N+](=O)[O-])cc2)cc1. The van der Waals surface area contributed by atoms with Gasteiger partial charge in [-0.2, -0.15) is 23.5 Å². The van der Waals surface area contributed by atoms with Crippen LogP contribution in [-0.4, -0.2) is 21.8 Å². The molecule has 28 heavy (non-hydrogen) atoms. The number of hydrogen-bond acceptors (Lipinski definition) is 5. The van der Waals surface area contributed by atoms with Gasteiger partial charge in [0.1, 0.15) is 17.4 Å². The number of non-ortho nitro benzene ring substituents is 1. The number of methoxy groups -OCH3 is 1. The molecule has 0 bridgehead atoms. The van der Waals surface area contributed by atoms with Gasteiger partial charge in [-0.3, -0.25) is 10.1 Å². The largest absolute Gasteiger partial charge is 0.497 e. The van der Waals surface area contributed by atoms with Crippen molar-refractivity contribution in [2.45, 2.75) is 6.18 Å². The summed E-state index contributed by atoms with van der Waals surface area (Å²) in [4.78, 5) is 10.2. The number of nitro groups is 1. The van der Waals surface area contributed by atoms with Crippen LogP contribution in [0.1, 0.15) is 11.3 Å². The Kier molecular flexibility index (Phi) is 4.75. The highest BCUT2D eigenvalue weighted by atomic mass is 19.4. The summed E-state index contributed by atoms with van der Waals surface area (Å²) in [6.45, 7) is 0. The van der Waals surface area contributed by atoms with E-state index < -0.39 is 22.4 Å². The van der Waals surface area contributed by atoms with Gasteiger partial charge in [-0.25, -0.2) is 4.68 Å². The molecule has 0 saturated heterocycles. The zero-order valence-electron chi connectivity index (χ0n) is 14.3. The molecule has 1 aromatic heterocycles. The fourth-order valence-electron chi connectivity index (χ4n) is 2.64. The first-order valence-corrected chi connectivity index (χ1v) is 7.76. The number of nitro benzene ring substituents is 1. The van der Waals surface area contributed by atoms with Crippen molar-refractivity contribution in [2.24, 2.45) is 0 Å². The standard InChI is InChI=1S/C18H11F3N4O3/c1-28-14-8-2-11(3-9-14)16-15(10-22)17(18(19,20)21)23-24(16)12-4-6-13(7-5-12)25(26)27/h2-9H,1H3. The molecule has 0 atom stereocenters. The second-order valence-corrected chi connectivity index (χ2v) is 5.60. The molecule has 0 unspecified atom stereocenters. The highest BCUT2D eigenvalue weighted by Crippen LogP contribution is 2.37. The zero-order chi connectivity index (χ0) is 20.5. The monoisotopic (exact) mass is 388 g/mol. The summed E-state index contributed by atoms with van der Waals surface area (Å²) in [5, 5.41) is 23.8. The molecule has 0 aliphatic rings. The number of aromatic nitrogens is 2. The minimum absolute atomic E-state index is 0.0775.